The third-order valence-electron chi connectivity index (χ3n) is 1.81. The summed E-state index contributed by atoms with van der Waals surface area (Å²) in [5.74, 6) is -0.700. The lowest BCUT2D eigenvalue weighted by Gasteiger charge is -2.14. The molecule has 16 heavy (non-hydrogen) atoms. The van der Waals surface area contributed by atoms with Crippen molar-refractivity contribution in [3.63, 3.8) is 0 Å². The van der Waals surface area contributed by atoms with Gasteiger partial charge < -0.3 is 19.9 Å². The van der Waals surface area contributed by atoms with E-state index >= 15 is 0 Å². The molecule has 6 nitrogen and oxygen atoms in total. The zero-order valence-corrected chi connectivity index (χ0v) is 9.69. The number of rotatable bonds is 8. The Bertz CT molecular complexity index is 219. The van der Waals surface area contributed by atoms with Gasteiger partial charge >= 0.3 is 5.97 Å². The van der Waals surface area contributed by atoms with Crippen LogP contribution in [0, 0.1) is 0 Å². The summed E-state index contributed by atoms with van der Waals surface area (Å²) in [6, 6.07) is -0.431. The number of aliphatic hydroxyl groups is 1. The molecule has 1 atom stereocenters. The van der Waals surface area contributed by atoms with Crippen molar-refractivity contribution in [2.45, 2.75) is 25.8 Å². The predicted molar refractivity (Wildman–Crippen MR) is 56.8 cm³/mol. The smallest absolute Gasteiger partial charge is 0.306 e. The van der Waals surface area contributed by atoms with Crippen LogP contribution in [-0.2, 0) is 19.1 Å². The summed E-state index contributed by atoms with van der Waals surface area (Å²) >= 11 is 0. The van der Waals surface area contributed by atoms with Gasteiger partial charge in [0.2, 0.25) is 5.91 Å². The van der Waals surface area contributed by atoms with Crippen LogP contribution in [0.5, 0.6) is 0 Å². The molecule has 0 aliphatic carbocycles. The normalized spacial score (nSPS) is 11.9. The molecule has 0 radical (unpaired) electrons. The van der Waals surface area contributed by atoms with Crippen LogP contribution in [-0.4, -0.2) is 50.0 Å². The molecule has 0 fully saturated rings. The molecule has 0 rings (SSSR count). The lowest BCUT2D eigenvalue weighted by atomic mass is 10.2. The number of nitrogens with one attached hydrogen (secondary N) is 1. The summed E-state index contributed by atoms with van der Waals surface area (Å²) in [5, 5.41) is 11.4. The molecule has 0 heterocycles. The van der Waals surface area contributed by atoms with Gasteiger partial charge in [-0.15, -0.1) is 0 Å². The number of methoxy groups -OCH3 is 1. The Morgan fingerprint density at radius 3 is 2.56 bits per heavy atom. The van der Waals surface area contributed by atoms with Crippen LogP contribution in [0.3, 0.4) is 0 Å². The maximum absolute atomic E-state index is 11.3. The molecule has 0 saturated carbocycles. The topological polar surface area (TPSA) is 84.9 Å². The lowest BCUT2D eigenvalue weighted by Crippen LogP contribution is -2.40. The van der Waals surface area contributed by atoms with Gasteiger partial charge in [-0.05, 0) is 6.92 Å². The summed E-state index contributed by atoms with van der Waals surface area (Å²) in [6.07, 6.45) is 0.101. The van der Waals surface area contributed by atoms with Crippen LogP contribution in [0.15, 0.2) is 0 Å². The fraction of sp³-hybridized carbons (Fsp3) is 0.800. The highest BCUT2D eigenvalue weighted by Crippen LogP contribution is 1.94. The molecular weight excluding hydrogens is 214 g/mol. The molecule has 0 aromatic rings. The summed E-state index contributed by atoms with van der Waals surface area (Å²) in [6.45, 7) is 2.06. The van der Waals surface area contributed by atoms with Gasteiger partial charge in [0.05, 0.1) is 32.3 Å². The number of carbonyl (C=O) groups excluding carboxylic acids is 2. The Morgan fingerprint density at radius 2 is 2.06 bits per heavy atom. The number of amides is 1. The molecule has 1 unspecified atom stereocenters. The Labute approximate surface area is 94.9 Å². The van der Waals surface area contributed by atoms with Gasteiger partial charge in [-0.1, -0.05) is 0 Å². The first-order valence-electron chi connectivity index (χ1n) is 5.18. The second-order valence-electron chi connectivity index (χ2n) is 3.21. The first-order valence-corrected chi connectivity index (χ1v) is 5.18. The standard InChI is InChI=1S/C10H19NO5/c1-3-16-10(14)5-4-9(13)11-8(6-12)7-15-2/h8,12H,3-7H2,1-2H3,(H,11,13). The third kappa shape index (κ3) is 7.19. The third-order valence-corrected chi connectivity index (χ3v) is 1.81. The summed E-state index contributed by atoms with van der Waals surface area (Å²) < 4.78 is 9.47. The highest BCUT2D eigenvalue weighted by atomic mass is 16.5. The second kappa shape index (κ2) is 9.11. The molecule has 0 aromatic carbocycles. The Hall–Kier alpha value is -1.14. The van der Waals surface area contributed by atoms with E-state index < -0.39 is 12.0 Å². The quantitative estimate of drug-likeness (QED) is 0.550. The molecule has 0 aliphatic rings. The minimum absolute atomic E-state index is 0.0464. The largest absolute Gasteiger partial charge is 0.466 e. The first kappa shape index (κ1) is 14.9. The van der Waals surface area contributed by atoms with E-state index in [0.29, 0.717) is 6.61 Å². The number of ether oxygens (including phenoxy) is 2. The fourth-order valence-electron chi connectivity index (χ4n) is 1.09. The highest BCUT2D eigenvalue weighted by molar-refractivity contribution is 5.81. The summed E-state index contributed by atoms with van der Waals surface area (Å²) in [4.78, 5) is 22.3. The fourth-order valence-corrected chi connectivity index (χ4v) is 1.09. The van der Waals surface area contributed by atoms with Crippen LogP contribution in [0.1, 0.15) is 19.8 Å². The molecule has 6 heteroatoms. The van der Waals surface area contributed by atoms with Crippen LogP contribution < -0.4 is 5.32 Å². The molecule has 0 bridgehead atoms. The van der Waals surface area contributed by atoms with Crippen LogP contribution in [0.2, 0.25) is 0 Å². The summed E-state index contributed by atoms with van der Waals surface area (Å²) in [5.41, 5.74) is 0. The van der Waals surface area contributed by atoms with Crippen LogP contribution in [0.25, 0.3) is 0 Å². The minimum atomic E-state index is -0.431. The molecule has 94 valence electrons. The molecular formula is C10H19NO5. The molecule has 0 aliphatic heterocycles. The zero-order valence-electron chi connectivity index (χ0n) is 9.69. The zero-order chi connectivity index (χ0) is 12.4. The minimum Gasteiger partial charge on any atom is -0.466 e. The van der Waals surface area contributed by atoms with Crippen molar-refractivity contribution < 1.29 is 24.2 Å². The van der Waals surface area contributed by atoms with Crippen molar-refractivity contribution in [1.82, 2.24) is 5.32 Å². The van der Waals surface area contributed by atoms with E-state index in [1.807, 2.05) is 0 Å². The number of carbonyl (C=O) groups is 2. The van der Waals surface area contributed by atoms with Crippen molar-refractivity contribution in [1.29, 1.82) is 0 Å². The SMILES string of the molecule is CCOC(=O)CCC(=O)NC(CO)COC. The van der Waals surface area contributed by atoms with E-state index in [9.17, 15) is 9.59 Å². The summed E-state index contributed by atoms with van der Waals surface area (Å²) in [7, 11) is 1.48. The van der Waals surface area contributed by atoms with E-state index in [0.717, 1.165) is 0 Å². The molecule has 0 aromatic heterocycles. The van der Waals surface area contributed by atoms with E-state index in [-0.39, 0.29) is 32.0 Å². The van der Waals surface area contributed by atoms with Crippen molar-refractivity contribution in [2.75, 3.05) is 26.9 Å². The number of esters is 1. The Kier molecular flexibility index (Phi) is 8.46. The highest BCUT2D eigenvalue weighted by Gasteiger charge is 2.12. The van der Waals surface area contributed by atoms with Gasteiger partial charge in [0.15, 0.2) is 0 Å². The average Bonchev–Trinajstić information content (AvgIpc) is 2.26. The molecule has 2 N–H and O–H groups in total. The number of hydrogen-bond donors (Lipinski definition) is 2. The van der Waals surface area contributed by atoms with Crippen molar-refractivity contribution in [3.05, 3.63) is 0 Å². The van der Waals surface area contributed by atoms with E-state index in [2.05, 4.69) is 10.1 Å². The first-order chi connectivity index (χ1) is 7.63. The van der Waals surface area contributed by atoms with Crippen molar-refractivity contribution in [3.8, 4) is 0 Å². The monoisotopic (exact) mass is 233 g/mol. The van der Waals surface area contributed by atoms with Gasteiger partial charge in [-0.3, -0.25) is 9.59 Å². The van der Waals surface area contributed by atoms with Crippen molar-refractivity contribution >= 4 is 11.9 Å². The van der Waals surface area contributed by atoms with Gasteiger partial charge in [0.25, 0.3) is 0 Å². The molecule has 0 spiro atoms. The van der Waals surface area contributed by atoms with E-state index in [4.69, 9.17) is 9.84 Å². The maximum Gasteiger partial charge on any atom is 0.306 e. The Morgan fingerprint density at radius 1 is 1.38 bits per heavy atom. The van der Waals surface area contributed by atoms with E-state index in [1.54, 1.807) is 6.92 Å². The van der Waals surface area contributed by atoms with Gasteiger partial charge in [-0.25, -0.2) is 0 Å². The maximum atomic E-state index is 11.3. The van der Waals surface area contributed by atoms with Crippen LogP contribution >= 0.6 is 0 Å². The van der Waals surface area contributed by atoms with Gasteiger partial charge in [0.1, 0.15) is 0 Å². The molecule has 1 amide bonds. The van der Waals surface area contributed by atoms with Gasteiger partial charge in [-0.2, -0.15) is 0 Å². The lowest BCUT2D eigenvalue weighted by molar-refractivity contribution is -0.144. The number of aliphatic hydroxyl groups excluding tert-OH is 1. The van der Waals surface area contributed by atoms with E-state index in [1.165, 1.54) is 7.11 Å². The average molecular weight is 233 g/mol. The van der Waals surface area contributed by atoms with Crippen LogP contribution in [0.4, 0.5) is 0 Å². The predicted octanol–water partition coefficient (Wildman–Crippen LogP) is -0.547. The van der Waals surface area contributed by atoms with Crippen molar-refractivity contribution in [2.24, 2.45) is 0 Å². The van der Waals surface area contributed by atoms with Gasteiger partial charge in [0, 0.05) is 13.5 Å². The second-order valence-corrected chi connectivity index (χ2v) is 3.21. The Balaban J connectivity index is 3.75. The molecule has 0 saturated heterocycles. The number of hydrogen-bond acceptors (Lipinski definition) is 5.